The molecule has 1 saturated heterocycles. The molecule has 0 aliphatic carbocycles. The molecule has 0 saturated carbocycles. The fourth-order valence-electron chi connectivity index (χ4n) is 2.57. The molecule has 1 fully saturated rings. The topological polar surface area (TPSA) is 71.2 Å². The molecule has 2 aromatic rings. The van der Waals surface area contributed by atoms with Crippen molar-refractivity contribution in [3.63, 3.8) is 0 Å². The van der Waals surface area contributed by atoms with Crippen molar-refractivity contribution in [1.29, 1.82) is 0 Å². The summed E-state index contributed by atoms with van der Waals surface area (Å²) in [5, 5.41) is 10.2. The van der Waals surface area contributed by atoms with Crippen LogP contribution in [0.4, 0.5) is 4.79 Å². The highest BCUT2D eigenvalue weighted by Gasteiger charge is 2.24. The van der Waals surface area contributed by atoms with E-state index in [0.29, 0.717) is 18.2 Å². The molecule has 0 aromatic carbocycles. The van der Waals surface area contributed by atoms with E-state index in [9.17, 15) is 4.79 Å². The maximum Gasteiger partial charge on any atom is 0.407 e. The normalized spacial score (nSPS) is 17.0. The molecule has 100 valence electrons. The summed E-state index contributed by atoms with van der Waals surface area (Å²) in [4.78, 5) is 20.6. The zero-order chi connectivity index (χ0) is 13.4. The SMILES string of the molecule is O=C(O)N1CCC(n2ccc3c(Cl)ncnc32)CC1. The molecule has 0 spiro atoms. The molecule has 7 heteroatoms. The van der Waals surface area contributed by atoms with Gasteiger partial charge >= 0.3 is 6.09 Å². The Labute approximate surface area is 114 Å². The number of piperidine rings is 1. The highest BCUT2D eigenvalue weighted by Crippen LogP contribution is 2.28. The van der Waals surface area contributed by atoms with Gasteiger partial charge in [-0.3, -0.25) is 0 Å². The summed E-state index contributed by atoms with van der Waals surface area (Å²) < 4.78 is 2.07. The van der Waals surface area contributed by atoms with E-state index in [1.165, 1.54) is 11.2 Å². The lowest BCUT2D eigenvalue weighted by Gasteiger charge is -2.31. The van der Waals surface area contributed by atoms with E-state index >= 15 is 0 Å². The number of carboxylic acid groups (broad SMARTS) is 1. The van der Waals surface area contributed by atoms with Gasteiger partial charge in [0.15, 0.2) is 0 Å². The van der Waals surface area contributed by atoms with Gasteiger partial charge < -0.3 is 14.6 Å². The van der Waals surface area contributed by atoms with Gasteiger partial charge in [-0.15, -0.1) is 0 Å². The average Bonchev–Trinajstić information content (AvgIpc) is 2.84. The number of hydrogen-bond donors (Lipinski definition) is 1. The summed E-state index contributed by atoms with van der Waals surface area (Å²) >= 11 is 6.02. The Balaban J connectivity index is 1.86. The molecule has 0 unspecified atom stereocenters. The maximum atomic E-state index is 10.9. The van der Waals surface area contributed by atoms with Crippen molar-refractivity contribution in [3.05, 3.63) is 23.7 Å². The van der Waals surface area contributed by atoms with Crippen molar-refractivity contribution in [3.8, 4) is 0 Å². The van der Waals surface area contributed by atoms with Gasteiger partial charge in [0.05, 0.1) is 5.39 Å². The molecule has 2 aromatic heterocycles. The summed E-state index contributed by atoms with van der Waals surface area (Å²) in [5.41, 5.74) is 0.814. The van der Waals surface area contributed by atoms with Crippen molar-refractivity contribution < 1.29 is 9.90 Å². The number of likely N-dealkylation sites (tertiary alicyclic amines) is 1. The molecular weight excluding hydrogens is 268 g/mol. The van der Waals surface area contributed by atoms with Crippen molar-refractivity contribution >= 4 is 28.7 Å². The summed E-state index contributed by atoms with van der Waals surface area (Å²) in [6, 6.07) is 2.17. The van der Waals surface area contributed by atoms with Gasteiger partial charge in [-0.25, -0.2) is 14.8 Å². The lowest BCUT2D eigenvalue weighted by Crippen LogP contribution is -2.38. The lowest BCUT2D eigenvalue weighted by atomic mass is 10.1. The Hall–Kier alpha value is -1.82. The number of carbonyl (C=O) groups is 1. The van der Waals surface area contributed by atoms with Crippen LogP contribution in [0.5, 0.6) is 0 Å². The molecule has 1 aliphatic heterocycles. The summed E-state index contributed by atoms with van der Waals surface area (Å²) in [7, 11) is 0. The lowest BCUT2D eigenvalue weighted by molar-refractivity contribution is 0.126. The maximum absolute atomic E-state index is 10.9. The predicted octanol–water partition coefficient (Wildman–Crippen LogP) is 2.40. The first-order valence-corrected chi connectivity index (χ1v) is 6.49. The van der Waals surface area contributed by atoms with E-state index in [0.717, 1.165) is 23.9 Å². The minimum absolute atomic E-state index is 0.263. The van der Waals surface area contributed by atoms with Gasteiger partial charge in [0.2, 0.25) is 0 Å². The Morgan fingerprint density at radius 2 is 2.11 bits per heavy atom. The first-order chi connectivity index (χ1) is 9.16. The zero-order valence-electron chi connectivity index (χ0n) is 10.2. The zero-order valence-corrected chi connectivity index (χ0v) is 10.9. The molecule has 0 atom stereocenters. The van der Waals surface area contributed by atoms with Crippen LogP contribution in [0.1, 0.15) is 18.9 Å². The third-order valence-corrected chi connectivity index (χ3v) is 3.89. The molecule has 19 heavy (non-hydrogen) atoms. The molecule has 0 bridgehead atoms. The van der Waals surface area contributed by atoms with Crippen LogP contribution in [0.15, 0.2) is 18.6 Å². The van der Waals surface area contributed by atoms with Crippen LogP contribution >= 0.6 is 11.6 Å². The minimum Gasteiger partial charge on any atom is -0.465 e. The summed E-state index contributed by atoms with van der Waals surface area (Å²) in [5.74, 6) is 0. The van der Waals surface area contributed by atoms with E-state index < -0.39 is 6.09 Å². The summed E-state index contributed by atoms with van der Waals surface area (Å²) in [6.07, 6.45) is 4.14. The van der Waals surface area contributed by atoms with Gasteiger partial charge in [-0.05, 0) is 18.9 Å². The van der Waals surface area contributed by atoms with Crippen molar-refractivity contribution in [1.82, 2.24) is 19.4 Å². The number of aromatic nitrogens is 3. The van der Waals surface area contributed by atoms with E-state index in [-0.39, 0.29) is 6.04 Å². The number of fused-ring (bicyclic) bond motifs is 1. The molecule has 6 nitrogen and oxygen atoms in total. The fraction of sp³-hybridized carbons (Fsp3) is 0.417. The number of amides is 1. The highest BCUT2D eigenvalue weighted by atomic mass is 35.5. The minimum atomic E-state index is -0.846. The van der Waals surface area contributed by atoms with Crippen molar-refractivity contribution in [2.45, 2.75) is 18.9 Å². The highest BCUT2D eigenvalue weighted by molar-refractivity contribution is 6.33. The quantitative estimate of drug-likeness (QED) is 0.814. The smallest absolute Gasteiger partial charge is 0.407 e. The van der Waals surface area contributed by atoms with Crippen LogP contribution in [0.3, 0.4) is 0 Å². The molecule has 3 rings (SSSR count). The Kier molecular flexibility index (Phi) is 3.02. The molecule has 0 radical (unpaired) electrons. The predicted molar refractivity (Wildman–Crippen MR) is 70.4 cm³/mol. The molecule has 1 amide bonds. The van der Waals surface area contributed by atoms with Crippen LogP contribution in [-0.2, 0) is 0 Å². The molecular formula is C12H13ClN4O2. The van der Waals surface area contributed by atoms with Gasteiger partial charge in [0.1, 0.15) is 17.1 Å². The van der Waals surface area contributed by atoms with E-state index in [2.05, 4.69) is 14.5 Å². The molecule has 1 N–H and O–H groups in total. The van der Waals surface area contributed by atoms with Crippen LogP contribution < -0.4 is 0 Å². The van der Waals surface area contributed by atoms with Gasteiger partial charge in [0.25, 0.3) is 0 Å². The molecule has 3 heterocycles. The standard InChI is InChI=1S/C12H13ClN4O2/c13-10-9-3-6-17(11(9)15-7-14-10)8-1-4-16(5-2-8)12(18)19/h3,6-8H,1-2,4-5H2,(H,18,19). The van der Waals surface area contributed by atoms with Gasteiger partial charge in [-0.2, -0.15) is 0 Å². The number of halogens is 1. The second-order valence-electron chi connectivity index (χ2n) is 4.63. The first-order valence-electron chi connectivity index (χ1n) is 6.11. The number of hydrogen-bond acceptors (Lipinski definition) is 3. The van der Waals surface area contributed by atoms with Crippen LogP contribution in [0.2, 0.25) is 5.15 Å². The largest absolute Gasteiger partial charge is 0.465 e. The Bertz CT molecular complexity index is 619. The second kappa shape index (κ2) is 4.70. The summed E-state index contributed by atoms with van der Waals surface area (Å²) in [6.45, 7) is 1.11. The van der Waals surface area contributed by atoms with Crippen molar-refractivity contribution in [2.75, 3.05) is 13.1 Å². The van der Waals surface area contributed by atoms with Crippen LogP contribution in [-0.4, -0.2) is 43.7 Å². The third-order valence-electron chi connectivity index (χ3n) is 3.59. The average molecular weight is 281 g/mol. The van der Waals surface area contributed by atoms with Crippen molar-refractivity contribution in [2.24, 2.45) is 0 Å². The van der Waals surface area contributed by atoms with Crippen LogP contribution in [0.25, 0.3) is 11.0 Å². The first kappa shape index (κ1) is 12.2. The number of nitrogens with zero attached hydrogens (tertiary/aromatic N) is 4. The van der Waals surface area contributed by atoms with Gasteiger partial charge in [0, 0.05) is 25.3 Å². The van der Waals surface area contributed by atoms with E-state index in [4.69, 9.17) is 16.7 Å². The van der Waals surface area contributed by atoms with E-state index in [1.807, 2.05) is 12.3 Å². The number of rotatable bonds is 1. The third kappa shape index (κ3) is 2.12. The molecule has 1 aliphatic rings. The second-order valence-corrected chi connectivity index (χ2v) is 4.98. The monoisotopic (exact) mass is 280 g/mol. The van der Waals surface area contributed by atoms with Gasteiger partial charge in [-0.1, -0.05) is 11.6 Å². The van der Waals surface area contributed by atoms with E-state index in [1.54, 1.807) is 0 Å². The fourth-order valence-corrected chi connectivity index (χ4v) is 2.76. The Morgan fingerprint density at radius 1 is 1.37 bits per heavy atom. The Morgan fingerprint density at radius 3 is 2.79 bits per heavy atom. The van der Waals surface area contributed by atoms with Crippen LogP contribution in [0, 0.1) is 0 Å².